The van der Waals surface area contributed by atoms with Crippen molar-refractivity contribution in [2.24, 2.45) is 0 Å². The molecule has 3 rings (SSSR count). The van der Waals surface area contributed by atoms with Gasteiger partial charge in [0.05, 0.1) is 0 Å². The smallest absolute Gasteiger partial charge is 0.227 e. The first-order valence-electron chi connectivity index (χ1n) is 6.16. The van der Waals surface area contributed by atoms with Gasteiger partial charge >= 0.3 is 0 Å². The van der Waals surface area contributed by atoms with E-state index in [2.05, 4.69) is 17.2 Å². The highest BCUT2D eigenvalue weighted by molar-refractivity contribution is 6.31. The molecule has 0 fully saturated rings. The molecular weight excluding hydrogens is 260 g/mol. The molecule has 1 N–H and O–H groups in total. The summed E-state index contributed by atoms with van der Waals surface area (Å²) in [5.74, 6) is 0.608. The summed E-state index contributed by atoms with van der Waals surface area (Å²) in [5, 5.41) is 3.93. The Morgan fingerprint density at radius 3 is 2.95 bits per heavy atom. The normalized spacial score (nSPS) is 10.8. The van der Waals surface area contributed by atoms with Gasteiger partial charge in [-0.1, -0.05) is 17.7 Å². The zero-order valence-electron chi connectivity index (χ0n) is 10.5. The number of hydrogen-bond donors (Lipinski definition) is 1. The van der Waals surface area contributed by atoms with Crippen LogP contribution in [0.4, 0.5) is 5.69 Å². The van der Waals surface area contributed by atoms with Gasteiger partial charge in [-0.05, 0) is 43.3 Å². The lowest BCUT2D eigenvalue weighted by atomic mass is 10.2. The van der Waals surface area contributed by atoms with Crippen molar-refractivity contribution in [2.45, 2.75) is 6.92 Å². The van der Waals surface area contributed by atoms with Gasteiger partial charge in [0.15, 0.2) is 5.58 Å². The molecule has 19 heavy (non-hydrogen) atoms. The van der Waals surface area contributed by atoms with E-state index < -0.39 is 0 Å². The van der Waals surface area contributed by atoms with Crippen molar-refractivity contribution in [2.75, 3.05) is 11.9 Å². The largest absolute Gasteiger partial charge is 0.436 e. The van der Waals surface area contributed by atoms with Crippen LogP contribution in [0.25, 0.3) is 22.6 Å². The molecule has 0 atom stereocenters. The fourth-order valence-corrected chi connectivity index (χ4v) is 2.16. The van der Waals surface area contributed by atoms with Gasteiger partial charge in [-0.25, -0.2) is 4.98 Å². The molecule has 0 saturated heterocycles. The predicted octanol–water partition coefficient (Wildman–Crippen LogP) is 4.58. The van der Waals surface area contributed by atoms with Crippen molar-refractivity contribution in [3.8, 4) is 11.5 Å². The third-order valence-corrected chi connectivity index (χ3v) is 3.08. The van der Waals surface area contributed by atoms with Crippen LogP contribution in [-0.2, 0) is 0 Å². The van der Waals surface area contributed by atoms with E-state index in [0.717, 1.165) is 28.9 Å². The summed E-state index contributed by atoms with van der Waals surface area (Å²) in [4.78, 5) is 4.47. The van der Waals surface area contributed by atoms with Crippen molar-refractivity contribution in [1.29, 1.82) is 0 Å². The highest BCUT2D eigenvalue weighted by Gasteiger charge is 2.08. The Balaban J connectivity index is 2.05. The van der Waals surface area contributed by atoms with Crippen molar-refractivity contribution in [3.05, 3.63) is 47.5 Å². The fourth-order valence-electron chi connectivity index (χ4n) is 1.99. The highest BCUT2D eigenvalue weighted by Crippen LogP contribution is 2.27. The lowest BCUT2D eigenvalue weighted by Gasteiger charge is -2.03. The minimum Gasteiger partial charge on any atom is -0.436 e. The number of oxazole rings is 1. The predicted molar refractivity (Wildman–Crippen MR) is 78.6 cm³/mol. The van der Waals surface area contributed by atoms with Crippen molar-refractivity contribution < 1.29 is 4.42 Å². The number of aromatic nitrogens is 1. The second kappa shape index (κ2) is 4.94. The maximum absolute atomic E-state index is 5.95. The van der Waals surface area contributed by atoms with Crippen molar-refractivity contribution >= 4 is 28.4 Å². The molecule has 0 aliphatic carbocycles. The molecule has 4 heteroatoms. The summed E-state index contributed by atoms with van der Waals surface area (Å²) in [6, 6.07) is 13.4. The summed E-state index contributed by atoms with van der Waals surface area (Å²) in [5.41, 5.74) is 3.52. The van der Waals surface area contributed by atoms with E-state index in [1.54, 1.807) is 12.1 Å². The Morgan fingerprint density at radius 2 is 2.11 bits per heavy atom. The minimum absolute atomic E-state index is 0.608. The molecule has 2 aromatic carbocycles. The first-order valence-corrected chi connectivity index (χ1v) is 6.54. The van der Waals surface area contributed by atoms with Crippen molar-refractivity contribution in [3.63, 3.8) is 0 Å². The third-order valence-electron chi connectivity index (χ3n) is 2.84. The van der Waals surface area contributed by atoms with Gasteiger partial charge in [0.2, 0.25) is 5.89 Å². The van der Waals surface area contributed by atoms with Crippen LogP contribution in [0.2, 0.25) is 5.02 Å². The van der Waals surface area contributed by atoms with E-state index in [1.165, 1.54) is 0 Å². The summed E-state index contributed by atoms with van der Waals surface area (Å²) in [6.07, 6.45) is 0. The molecule has 1 aromatic heterocycles. The monoisotopic (exact) mass is 272 g/mol. The van der Waals surface area contributed by atoms with Gasteiger partial charge < -0.3 is 9.73 Å². The molecule has 3 aromatic rings. The molecule has 0 radical (unpaired) electrons. The third kappa shape index (κ3) is 2.42. The first-order chi connectivity index (χ1) is 9.26. The lowest BCUT2D eigenvalue weighted by molar-refractivity contribution is 0.620. The van der Waals surface area contributed by atoms with Crippen LogP contribution in [0.5, 0.6) is 0 Å². The van der Waals surface area contributed by atoms with Gasteiger partial charge in [-0.2, -0.15) is 0 Å². The number of anilines is 1. The van der Waals surface area contributed by atoms with Crippen LogP contribution < -0.4 is 5.32 Å². The van der Waals surface area contributed by atoms with Crippen LogP contribution in [-0.4, -0.2) is 11.5 Å². The Hall–Kier alpha value is -2.00. The van der Waals surface area contributed by atoms with Gasteiger partial charge in [-0.15, -0.1) is 0 Å². The molecule has 0 spiro atoms. The molecule has 0 bridgehead atoms. The van der Waals surface area contributed by atoms with Gasteiger partial charge in [-0.3, -0.25) is 0 Å². The molecule has 0 amide bonds. The standard InChI is InChI=1S/C15H13ClN2O/c1-2-17-12-5-3-4-10(8-12)15-18-13-9-11(16)6-7-14(13)19-15/h3-9,17H,2H2,1H3. The lowest BCUT2D eigenvalue weighted by Crippen LogP contribution is -1.95. The number of nitrogens with zero attached hydrogens (tertiary/aromatic N) is 1. The quantitative estimate of drug-likeness (QED) is 0.758. The number of benzene rings is 2. The maximum atomic E-state index is 5.95. The van der Waals surface area contributed by atoms with Gasteiger partial charge in [0.1, 0.15) is 5.52 Å². The number of halogens is 1. The summed E-state index contributed by atoms with van der Waals surface area (Å²) in [6.45, 7) is 2.95. The van der Waals surface area contributed by atoms with Crippen molar-refractivity contribution in [1.82, 2.24) is 4.98 Å². The maximum Gasteiger partial charge on any atom is 0.227 e. The fraction of sp³-hybridized carbons (Fsp3) is 0.133. The van der Waals surface area contributed by atoms with Crippen LogP contribution in [0.15, 0.2) is 46.9 Å². The van der Waals surface area contributed by atoms with E-state index in [4.69, 9.17) is 16.0 Å². The molecule has 1 heterocycles. The van der Waals surface area contributed by atoms with E-state index in [1.807, 2.05) is 30.3 Å². The van der Waals surface area contributed by atoms with Crippen LogP contribution in [0.3, 0.4) is 0 Å². The van der Waals surface area contributed by atoms with Crippen LogP contribution in [0, 0.1) is 0 Å². The number of fused-ring (bicyclic) bond motifs is 1. The van der Waals surface area contributed by atoms with Crippen LogP contribution >= 0.6 is 11.6 Å². The zero-order chi connectivity index (χ0) is 13.2. The van der Waals surface area contributed by atoms with E-state index in [0.29, 0.717) is 10.9 Å². The average Bonchev–Trinajstić information content (AvgIpc) is 2.82. The van der Waals surface area contributed by atoms with E-state index in [-0.39, 0.29) is 0 Å². The zero-order valence-corrected chi connectivity index (χ0v) is 11.2. The van der Waals surface area contributed by atoms with Gasteiger partial charge in [0.25, 0.3) is 0 Å². The number of nitrogens with one attached hydrogen (secondary N) is 1. The summed E-state index contributed by atoms with van der Waals surface area (Å²) >= 11 is 5.95. The molecule has 0 aliphatic heterocycles. The Kier molecular flexibility index (Phi) is 3.13. The number of hydrogen-bond acceptors (Lipinski definition) is 3. The molecule has 0 aliphatic rings. The van der Waals surface area contributed by atoms with Gasteiger partial charge in [0, 0.05) is 22.8 Å². The molecule has 0 saturated carbocycles. The minimum atomic E-state index is 0.608. The van der Waals surface area contributed by atoms with E-state index >= 15 is 0 Å². The Labute approximate surface area is 116 Å². The summed E-state index contributed by atoms with van der Waals surface area (Å²) < 4.78 is 5.74. The topological polar surface area (TPSA) is 38.1 Å². The highest BCUT2D eigenvalue weighted by atomic mass is 35.5. The Bertz CT molecular complexity index is 721. The van der Waals surface area contributed by atoms with E-state index in [9.17, 15) is 0 Å². The summed E-state index contributed by atoms with van der Waals surface area (Å²) in [7, 11) is 0. The van der Waals surface area contributed by atoms with Crippen LogP contribution in [0.1, 0.15) is 6.92 Å². The average molecular weight is 273 g/mol. The molecule has 96 valence electrons. The molecular formula is C15H13ClN2O. The first kappa shape index (κ1) is 12.1. The second-order valence-corrected chi connectivity index (χ2v) is 4.68. The SMILES string of the molecule is CCNc1cccc(-c2nc3cc(Cl)ccc3o2)c1. The number of rotatable bonds is 3. The molecule has 0 unspecified atom stereocenters. The molecule has 3 nitrogen and oxygen atoms in total. The second-order valence-electron chi connectivity index (χ2n) is 4.24. The Morgan fingerprint density at radius 1 is 1.21 bits per heavy atom.